The molecular formula is C18H19N3O4S2. The number of ether oxygens (including phenoxy) is 1. The van der Waals surface area contributed by atoms with E-state index in [0.29, 0.717) is 29.2 Å². The van der Waals surface area contributed by atoms with E-state index < -0.39 is 10.0 Å². The van der Waals surface area contributed by atoms with Crippen molar-refractivity contribution in [3.63, 3.8) is 0 Å². The number of anilines is 1. The summed E-state index contributed by atoms with van der Waals surface area (Å²) in [5.41, 5.74) is 0.438. The first-order chi connectivity index (χ1) is 13.0. The van der Waals surface area contributed by atoms with Crippen molar-refractivity contribution in [1.82, 2.24) is 4.31 Å². The van der Waals surface area contributed by atoms with Crippen LogP contribution in [0, 0.1) is 17.2 Å². The van der Waals surface area contributed by atoms with E-state index in [1.54, 1.807) is 23.6 Å². The number of nitriles is 1. The number of amides is 1. The Balaban J connectivity index is 1.62. The summed E-state index contributed by atoms with van der Waals surface area (Å²) in [4.78, 5) is 12.6. The quantitative estimate of drug-likeness (QED) is 0.824. The SMILES string of the molecule is COc1ccc(S(=O)(=O)N2CCC(C(=O)Nc3sccc3C#N)CC2)cc1. The Bertz CT molecular complexity index is 953. The number of hydrogen-bond acceptors (Lipinski definition) is 6. The maximum absolute atomic E-state index is 12.8. The molecule has 1 aliphatic rings. The molecule has 0 unspecified atom stereocenters. The first-order valence-corrected chi connectivity index (χ1v) is 10.7. The molecule has 0 atom stereocenters. The number of nitrogens with zero attached hydrogens (tertiary/aromatic N) is 2. The second-order valence-corrected chi connectivity index (χ2v) is 8.97. The van der Waals surface area contributed by atoms with Crippen LogP contribution in [0.15, 0.2) is 40.6 Å². The summed E-state index contributed by atoms with van der Waals surface area (Å²) in [5, 5.41) is 14.1. The Morgan fingerprint density at radius 3 is 2.52 bits per heavy atom. The van der Waals surface area contributed by atoms with Gasteiger partial charge in [0.2, 0.25) is 15.9 Å². The molecule has 1 aliphatic heterocycles. The molecule has 1 amide bonds. The van der Waals surface area contributed by atoms with Crippen LogP contribution in [-0.2, 0) is 14.8 Å². The van der Waals surface area contributed by atoms with Crippen LogP contribution in [0.5, 0.6) is 5.75 Å². The molecule has 9 heteroatoms. The highest BCUT2D eigenvalue weighted by Gasteiger charge is 2.32. The summed E-state index contributed by atoms with van der Waals surface area (Å²) in [5.74, 6) is 0.144. The van der Waals surface area contributed by atoms with Gasteiger partial charge in [0.1, 0.15) is 16.8 Å². The van der Waals surface area contributed by atoms with Crippen molar-refractivity contribution >= 4 is 32.3 Å². The van der Waals surface area contributed by atoms with Gasteiger partial charge < -0.3 is 10.1 Å². The van der Waals surface area contributed by atoms with Gasteiger partial charge in [-0.05, 0) is 48.6 Å². The zero-order chi connectivity index (χ0) is 19.4. The molecule has 0 radical (unpaired) electrons. The van der Waals surface area contributed by atoms with E-state index in [0.717, 1.165) is 0 Å². The van der Waals surface area contributed by atoms with Gasteiger partial charge in [-0.3, -0.25) is 4.79 Å². The molecule has 1 aromatic carbocycles. The van der Waals surface area contributed by atoms with Crippen LogP contribution < -0.4 is 10.1 Å². The average Bonchev–Trinajstić information content (AvgIpc) is 3.15. The highest BCUT2D eigenvalue weighted by atomic mass is 32.2. The minimum Gasteiger partial charge on any atom is -0.497 e. The predicted octanol–water partition coefficient (Wildman–Crippen LogP) is 2.67. The zero-order valence-electron chi connectivity index (χ0n) is 14.7. The van der Waals surface area contributed by atoms with Crippen LogP contribution in [0.4, 0.5) is 5.00 Å². The molecule has 0 bridgehead atoms. The number of carbonyl (C=O) groups excluding carboxylic acids is 1. The Labute approximate surface area is 162 Å². The normalized spacial score (nSPS) is 15.9. The third kappa shape index (κ3) is 4.13. The molecule has 0 spiro atoms. The lowest BCUT2D eigenvalue weighted by molar-refractivity contribution is -0.120. The molecular weight excluding hydrogens is 386 g/mol. The van der Waals surface area contributed by atoms with E-state index in [4.69, 9.17) is 10.00 Å². The second-order valence-electron chi connectivity index (χ2n) is 6.12. The molecule has 1 fully saturated rings. The number of carbonyl (C=O) groups is 1. The standard InChI is InChI=1S/C18H19N3O4S2/c1-25-15-2-4-16(5-3-15)27(23,24)21-9-6-13(7-10-21)17(22)20-18-14(12-19)8-11-26-18/h2-5,8,11,13H,6-7,9-10H2,1H3,(H,20,22). The predicted molar refractivity (Wildman–Crippen MR) is 102 cm³/mol. The third-order valence-electron chi connectivity index (χ3n) is 4.54. The topological polar surface area (TPSA) is 99.5 Å². The fourth-order valence-electron chi connectivity index (χ4n) is 2.96. The fourth-order valence-corrected chi connectivity index (χ4v) is 5.17. The summed E-state index contributed by atoms with van der Waals surface area (Å²) in [6.07, 6.45) is 0.878. The van der Waals surface area contributed by atoms with Crippen LogP contribution in [0.2, 0.25) is 0 Å². The van der Waals surface area contributed by atoms with Gasteiger partial charge in [0, 0.05) is 19.0 Å². The lowest BCUT2D eigenvalue weighted by atomic mass is 9.97. The Kier molecular flexibility index (Phi) is 5.79. The molecule has 7 nitrogen and oxygen atoms in total. The number of hydrogen-bond donors (Lipinski definition) is 1. The average molecular weight is 406 g/mol. The molecule has 1 saturated heterocycles. The summed E-state index contributed by atoms with van der Waals surface area (Å²) in [6, 6.07) is 9.96. The largest absolute Gasteiger partial charge is 0.497 e. The van der Waals surface area contributed by atoms with Gasteiger partial charge in [-0.25, -0.2) is 8.42 Å². The summed E-state index contributed by atoms with van der Waals surface area (Å²) >= 11 is 1.30. The zero-order valence-corrected chi connectivity index (χ0v) is 16.3. The van der Waals surface area contributed by atoms with Crippen molar-refractivity contribution in [2.45, 2.75) is 17.7 Å². The second kappa shape index (κ2) is 8.08. The number of sulfonamides is 1. The van der Waals surface area contributed by atoms with Crippen molar-refractivity contribution in [2.24, 2.45) is 5.92 Å². The van der Waals surface area contributed by atoms with E-state index in [1.165, 1.54) is 34.9 Å². The minimum atomic E-state index is -3.59. The lowest BCUT2D eigenvalue weighted by Gasteiger charge is -2.30. The molecule has 3 rings (SSSR count). The Hall–Kier alpha value is -2.41. The van der Waals surface area contributed by atoms with Gasteiger partial charge in [-0.15, -0.1) is 11.3 Å². The number of piperidine rings is 1. The molecule has 0 aliphatic carbocycles. The maximum Gasteiger partial charge on any atom is 0.243 e. The Morgan fingerprint density at radius 1 is 1.26 bits per heavy atom. The van der Waals surface area contributed by atoms with Crippen molar-refractivity contribution in [2.75, 3.05) is 25.5 Å². The maximum atomic E-state index is 12.8. The first kappa shape index (κ1) is 19.4. The molecule has 142 valence electrons. The van der Waals surface area contributed by atoms with Gasteiger partial charge in [0.15, 0.2) is 0 Å². The Morgan fingerprint density at radius 2 is 1.93 bits per heavy atom. The van der Waals surface area contributed by atoms with Gasteiger partial charge >= 0.3 is 0 Å². The van der Waals surface area contributed by atoms with Crippen LogP contribution in [0.1, 0.15) is 18.4 Å². The van der Waals surface area contributed by atoms with Gasteiger partial charge in [0.25, 0.3) is 0 Å². The minimum absolute atomic E-state index is 0.171. The molecule has 1 aromatic heterocycles. The van der Waals surface area contributed by atoms with Crippen molar-refractivity contribution in [3.8, 4) is 11.8 Å². The number of nitrogens with one attached hydrogen (secondary N) is 1. The lowest BCUT2D eigenvalue weighted by Crippen LogP contribution is -2.41. The van der Waals surface area contributed by atoms with Crippen LogP contribution >= 0.6 is 11.3 Å². The molecule has 2 aromatic rings. The number of rotatable bonds is 5. The van der Waals surface area contributed by atoms with Crippen molar-refractivity contribution in [1.29, 1.82) is 5.26 Å². The van der Waals surface area contributed by atoms with Crippen molar-refractivity contribution < 1.29 is 17.9 Å². The van der Waals surface area contributed by atoms with Crippen LogP contribution in [0.3, 0.4) is 0 Å². The third-order valence-corrected chi connectivity index (χ3v) is 7.29. The van der Waals surface area contributed by atoms with Gasteiger partial charge in [-0.1, -0.05) is 0 Å². The van der Waals surface area contributed by atoms with Crippen LogP contribution in [-0.4, -0.2) is 38.8 Å². The highest BCUT2D eigenvalue weighted by Crippen LogP contribution is 2.28. The van der Waals surface area contributed by atoms with E-state index in [2.05, 4.69) is 5.32 Å². The summed E-state index contributed by atoms with van der Waals surface area (Å²) in [6.45, 7) is 0.560. The molecule has 2 heterocycles. The number of methoxy groups -OCH3 is 1. The summed E-state index contributed by atoms with van der Waals surface area (Å²) in [7, 11) is -2.07. The fraction of sp³-hybridized carbons (Fsp3) is 0.333. The van der Waals surface area contributed by atoms with Crippen molar-refractivity contribution in [3.05, 3.63) is 41.3 Å². The van der Waals surface area contributed by atoms with E-state index in [-0.39, 0.29) is 29.8 Å². The van der Waals surface area contributed by atoms with E-state index in [1.807, 2.05) is 6.07 Å². The van der Waals surface area contributed by atoms with Gasteiger partial charge in [0.05, 0.1) is 17.6 Å². The first-order valence-electron chi connectivity index (χ1n) is 8.38. The highest BCUT2D eigenvalue weighted by molar-refractivity contribution is 7.89. The van der Waals surface area contributed by atoms with Gasteiger partial charge in [-0.2, -0.15) is 9.57 Å². The number of thiophene rings is 1. The molecule has 0 saturated carbocycles. The summed E-state index contributed by atoms with van der Waals surface area (Å²) < 4.78 is 32.0. The van der Waals surface area contributed by atoms with E-state index >= 15 is 0 Å². The molecule has 27 heavy (non-hydrogen) atoms. The smallest absolute Gasteiger partial charge is 0.243 e. The van der Waals surface area contributed by atoms with E-state index in [9.17, 15) is 13.2 Å². The molecule has 1 N–H and O–H groups in total. The number of benzene rings is 1. The van der Waals surface area contributed by atoms with Crippen LogP contribution in [0.25, 0.3) is 0 Å². The monoisotopic (exact) mass is 405 g/mol.